The van der Waals surface area contributed by atoms with Gasteiger partial charge in [-0.15, -0.1) is 0 Å². The van der Waals surface area contributed by atoms with Gasteiger partial charge in [-0.05, 0) is 48.7 Å². The van der Waals surface area contributed by atoms with Crippen LogP contribution in [0.1, 0.15) is 18.4 Å². The van der Waals surface area contributed by atoms with Crippen LogP contribution in [0.5, 0.6) is 5.75 Å². The summed E-state index contributed by atoms with van der Waals surface area (Å²) in [4.78, 5) is 12.4. The van der Waals surface area contributed by atoms with Gasteiger partial charge >= 0.3 is 0 Å². The Kier molecular flexibility index (Phi) is 4.85. The number of fused-ring (bicyclic) bond motifs is 1. The number of hydrogen-bond donors (Lipinski definition) is 1. The highest BCUT2D eigenvalue weighted by Crippen LogP contribution is 2.27. The summed E-state index contributed by atoms with van der Waals surface area (Å²) in [6.07, 6.45) is 1.57. The molecule has 126 valence electrons. The molecule has 0 atom stereocenters. The first-order valence-corrected chi connectivity index (χ1v) is 9.53. The Balaban J connectivity index is 1.57. The Hall–Kier alpha value is -2.34. The van der Waals surface area contributed by atoms with E-state index in [9.17, 15) is 13.2 Å². The van der Waals surface area contributed by atoms with E-state index in [1.165, 1.54) is 0 Å². The van der Waals surface area contributed by atoms with Crippen LogP contribution in [-0.2, 0) is 21.1 Å². The summed E-state index contributed by atoms with van der Waals surface area (Å²) in [6.45, 7) is 0.287. The van der Waals surface area contributed by atoms with Crippen molar-refractivity contribution < 1.29 is 17.9 Å². The van der Waals surface area contributed by atoms with E-state index >= 15 is 0 Å². The van der Waals surface area contributed by atoms with Crippen LogP contribution < -0.4 is 10.1 Å². The average Bonchev–Trinajstić information content (AvgIpc) is 2.55. The van der Waals surface area contributed by atoms with Crippen LogP contribution >= 0.6 is 0 Å². The number of ether oxygens (including phenoxy) is 1. The lowest BCUT2D eigenvalue weighted by molar-refractivity contribution is -0.116. The van der Waals surface area contributed by atoms with Crippen molar-refractivity contribution in [3.05, 3.63) is 54.1 Å². The van der Waals surface area contributed by atoms with Gasteiger partial charge in [-0.1, -0.05) is 18.2 Å². The summed E-state index contributed by atoms with van der Waals surface area (Å²) in [5.74, 6) is 0.761. The zero-order chi connectivity index (χ0) is 17.0. The number of aryl methyl sites for hydroxylation is 1. The van der Waals surface area contributed by atoms with Crippen LogP contribution in [-0.4, -0.2) is 26.7 Å². The second-order valence-corrected chi connectivity index (χ2v) is 7.78. The molecule has 2 aromatic rings. The minimum absolute atomic E-state index is 0.162. The van der Waals surface area contributed by atoms with Crippen molar-refractivity contribution in [1.29, 1.82) is 0 Å². The van der Waals surface area contributed by atoms with Crippen LogP contribution in [0.15, 0.2) is 53.4 Å². The second kappa shape index (κ2) is 7.05. The van der Waals surface area contributed by atoms with Crippen LogP contribution in [0.2, 0.25) is 0 Å². The normalized spacial score (nSPS) is 15.3. The summed E-state index contributed by atoms with van der Waals surface area (Å²) in [6, 6.07) is 14.3. The number of para-hydroxylation sites is 1. The Bertz CT molecular complexity index is 831. The van der Waals surface area contributed by atoms with Gasteiger partial charge in [0.2, 0.25) is 5.91 Å². The molecular weight excluding hydrogens is 326 g/mol. The van der Waals surface area contributed by atoms with Crippen LogP contribution in [0.4, 0.5) is 5.69 Å². The van der Waals surface area contributed by atoms with Gasteiger partial charge in [0, 0.05) is 5.69 Å². The van der Waals surface area contributed by atoms with Gasteiger partial charge in [0.25, 0.3) is 0 Å². The van der Waals surface area contributed by atoms with Gasteiger partial charge in [0.05, 0.1) is 23.7 Å². The Morgan fingerprint density at radius 3 is 2.71 bits per heavy atom. The van der Waals surface area contributed by atoms with Crippen molar-refractivity contribution >= 4 is 21.4 Å². The minimum atomic E-state index is -3.16. The van der Waals surface area contributed by atoms with Gasteiger partial charge in [-0.25, -0.2) is 8.42 Å². The fourth-order valence-electron chi connectivity index (χ4n) is 2.72. The minimum Gasteiger partial charge on any atom is -0.493 e. The fourth-order valence-corrected chi connectivity index (χ4v) is 4.30. The zero-order valence-corrected chi connectivity index (χ0v) is 14.0. The first kappa shape index (κ1) is 16.5. The Labute approximate surface area is 141 Å². The van der Waals surface area contributed by atoms with E-state index in [4.69, 9.17) is 4.74 Å². The van der Waals surface area contributed by atoms with Crippen molar-refractivity contribution in [2.75, 3.05) is 17.7 Å². The number of anilines is 1. The van der Waals surface area contributed by atoms with Crippen molar-refractivity contribution in [2.24, 2.45) is 0 Å². The van der Waals surface area contributed by atoms with Gasteiger partial charge in [0.1, 0.15) is 5.75 Å². The van der Waals surface area contributed by atoms with Crippen molar-refractivity contribution in [1.82, 2.24) is 0 Å². The Morgan fingerprint density at radius 1 is 1.12 bits per heavy atom. The summed E-state index contributed by atoms with van der Waals surface area (Å²) in [5, 5.41) is 2.79. The number of rotatable bonds is 5. The van der Waals surface area contributed by atoms with E-state index in [0.29, 0.717) is 17.0 Å². The van der Waals surface area contributed by atoms with Crippen molar-refractivity contribution in [3.63, 3.8) is 0 Å². The number of sulfone groups is 1. The second-order valence-electron chi connectivity index (χ2n) is 5.70. The van der Waals surface area contributed by atoms with Crippen LogP contribution in [0.25, 0.3) is 0 Å². The molecule has 1 N–H and O–H groups in total. The molecule has 0 aromatic heterocycles. The number of benzene rings is 2. The van der Waals surface area contributed by atoms with Crippen LogP contribution in [0.3, 0.4) is 0 Å². The molecule has 0 saturated heterocycles. The standard InChI is InChI=1S/C18H19NO4S/c20-18(10-11-23-16-6-2-1-3-7-16)19-15-8-9-17-14(13-15)5-4-12-24(17,21)22/h1-3,6-9,13H,4-5,10-12H2,(H,19,20). The number of amides is 1. The lowest BCUT2D eigenvalue weighted by Crippen LogP contribution is -2.18. The van der Waals surface area contributed by atoms with Crippen molar-refractivity contribution in [2.45, 2.75) is 24.2 Å². The van der Waals surface area contributed by atoms with Gasteiger partial charge < -0.3 is 10.1 Å². The highest BCUT2D eigenvalue weighted by atomic mass is 32.2. The smallest absolute Gasteiger partial charge is 0.227 e. The third kappa shape index (κ3) is 3.94. The largest absolute Gasteiger partial charge is 0.493 e. The first-order valence-electron chi connectivity index (χ1n) is 7.88. The van der Waals surface area contributed by atoms with Crippen molar-refractivity contribution in [3.8, 4) is 5.75 Å². The lowest BCUT2D eigenvalue weighted by atomic mass is 10.1. The predicted octanol–water partition coefficient (Wildman–Crippen LogP) is 2.81. The third-order valence-corrected chi connectivity index (χ3v) is 5.77. The maximum atomic E-state index is 12.0. The molecule has 2 aromatic carbocycles. The fraction of sp³-hybridized carbons (Fsp3) is 0.278. The molecule has 3 rings (SSSR count). The molecule has 6 heteroatoms. The number of nitrogens with one attached hydrogen (secondary N) is 1. The molecule has 0 radical (unpaired) electrons. The van der Waals surface area contributed by atoms with Gasteiger partial charge in [-0.2, -0.15) is 0 Å². The van der Waals surface area contributed by atoms with Gasteiger partial charge in [-0.3, -0.25) is 4.79 Å². The third-order valence-electron chi connectivity index (χ3n) is 3.88. The van der Waals surface area contributed by atoms with Gasteiger partial charge in [0.15, 0.2) is 9.84 Å². The maximum absolute atomic E-state index is 12.0. The van der Waals surface area contributed by atoms with E-state index in [0.717, 1.165) is 17.7 Å². The zero-order valence-electron chi connectivity index (χ0n) is 13.2. The molecule has 0 bridgehead atoms. The molecule has 1 amide bonds. The molecule has 24 heavy (non-hydrogen) atoms. The molecule has 0 saturated carbocycles. The van der Waals surface area contributed by atoms with E-state index in [2.05, 4.69) is 5.32 Å². The molecule has 1 aliphatic rings. The molecule has 5 nitrogen and oxygen atoms in total. The SMILES string of the molecule is O=C(CCOc1ccccc1)Nc1ccc2c(c1)CCCS2(=O)=O. The predicted molar refractivity (Wildman–Crippen MR) is 92.0 cm³/mol. The summed E-state index contributed by atoms with van der Waals surface area (Å²) < 4.78 is 29.4. The van der Waals surface area contributed by atoms with E-state index in [1.807, 2.05) is 30.3 Å². The number of carbonyl (C=O) groups excluding carboxylic acids is 1. The lowest BCUT2D eigenvalue weighted by Gasteiger charge is -2.17. The first-order chi connectivity index (χ1) is 11.5. The molecular formula is C18H19NO4S. The van der Waals surface area contributed by atoms with E-state index < -0.39 is 9.84 Å². The molecule has 1 aliphatic heterocycles. The molecule has 0 unspecified atom stereocenters. The highest BCUT2D eigenvalue weighted by Gasteiger charge is 2.23. The molecule has 0 aliphatic carbocycles. The summed E-state index contributed by atoms with van der Waals surface area (Å²) >= 11 is 0. The maximum Gasteiger partial charge on any atom is 0.227 e. The number of hydrogen-bond acceptors (Lipinski definition) is 4. The topological polar surface area (TPSA) is 72.5 Å². The quantitative estimate of drug-likeness (QED) is 0.904. The van der Waals surface area contributed by atoms with Crippen LogP contribution in [0, 0.1) is 0 Å². The Morgan fingerprint density at radius 2 is 1.92 bits per heavy atom. The summed E-state index contributed by atoms with van der Waals surface area (Å²) in [5.41, 5.74) is 1.40. The number of carbonyl (C=O) groups is 1. The average molecular weight is 345 g/mol. The highest BCUT2D eigenvalue weighted by molar-refractivity contribution is 7.91. The summed E-state index contributed by atoms with van der Waals surface area (Å²) in [7, 11) is -3.16. The van der Waals surface area contributed by atoms with E-state index in [1.54, 1.807) is 18.2 Å². The monoisotopic (exact) mass is 345 g/mol. The molecule has 0 spiro atoms. The molecule has 0 fully saturated rings. The molecule has 1 heterocycles. The van der Waals surface area contributed by atoms with E-state index in [-0.39, 0.29) is 24.7 Å².